The zero-order valence-corrected chi connectivity index (χ0v) is 9.67. The van der Waals surface area contributed by atoms with Gasteiger partial charge < -0.3 is 10.2 Å². The van der Waals surface area contributed by atoms with Crippen molar-refractivity contribution < 1.29 is 9.63 Å². The van der Waals surface area contributed by atoms with Gasteiger partial charge in [0.15, 0.2) is 0 Å². The number of halogens is 1. The van der Waals surface area contributed by atoms with Crippen LogP contribution in [0.2, 0.25) is 0 Å². The normalized spacial score (nSPS) is 25.5. The fourth-order valence-electron chi connectivity index (χ4n) is 0.939. The largest absolute Gasteiger partial charge is 0.431 e. The first-order valence-electron chi connectivity index (χ1n) is 4.15. The predicted octanol–water partition coefficient (Wildman–Crippen LogP) is 1.68. The SMILES string of the molecule is CNC(=O)ONC1=CSCC1(C)CCl. The van der Waals surface area contributed by atoms with Crippen molar-refractivity contribution in [1.82, 2.24) is 10.8 Å². The predicted molar refractivity (Wildman–Crippen MR) is 58.0 cm³/mol. The first kappa shape index (κ1) is 11.5. The lowest BCUT2D eigenvalue weighted by molar-refractivity contribution is 0.0986. The summed E-state index contributed by atoms with van der Waals surface area (Å²) in [5, 5.41) is 4.27. The molecule has 1 unspecified atom stereocenters. The van der Waals surface area contributed by atoms with Crippen LogP contribution in [0, 0.1) is 5.41 Å². The maximum Gasteiger partial charge on any atom is 0.431 e. The monoisotopic (exact) mass is 236 g/mol. The molecule has 0 aromatic carbocycles. The van der Waals surface area contributed by atoms with Gasteiger partial charge in [0, 0.05) is 24.1 Å². The lowest BCUT2D eigenvalue weighted by Gasteiger charge is -2.24. The van der Waals surface area contributed by atoms with E-state index in [0.717, 1.165) is 11.4 Å². The minimum absolute atomic E-state index is 0.139. The van der Waals surface area contributed by atoms with E-state index in [1.165, 1.54) is 7.05 Å². The molecule has 80 valence electrons. The Bertz CT molecular complexity index is 260. The molecule has 2 N–H and O–H groups in total. The summed E-state index contributed by atoms with van der Waals surface area (Å²) < 4.78 is 0. The van der Waals surface area contributed by atoms with Crippen molar-refractivity contribution in [3.8, 4) is 0 Å². The van der Waals surface area contributed by atoms with Crippen LogP contribution in [0.4, 0.5) is 4.79 Å². The van der Waals surface area contributed by atoms with Crippen LogP contribution in [0.1, 0.15) is 6.92 Å². The fourth-order valence-corrected chi connectivity index (χ4v) is 2.50. The fraction of sp³-hybridized carbons (Fsp3) is 0.625. The van der Waals surface area contributed by atoms with Crippen LogP contribution < -0.4 is 10.8 Å². The standard InChI is InChI=1S/C8H13ClN2O2S/c1-8(4-9)5-14-3-6(8)11-13-7(12)10-2/h3,11H,4-5H2,1-2H3,(H,10,12). The Hall–Kier alpha value is -0.550. The van der Waals surface area contributed by atoms with Gasteiger partial charge in [-0.3, -0.25) is 0 Å². The van der Waals surface area contributed by atoms with Gasteiger partial charge in [-0.15, -0.1) is 23.4 Å². The summed E-state index contributed by atoms with van der Waals surface area (Å²) in [4.78, 5) is 15.5. The van der Waals surface area contributed by atoms with Crippen molar-refractivity contribution in [3.63, 3.8) is 0 Å². The second-order valence-corrected chi connectivity index (χ2v) is 4.40. The van der Waals surface area contributed by atoms with E-state index in [2.05, 4.69) is 10.8 Å². The molecule has 0 fully saturated rings. The van der Waals surface area contributed by atoms with Crippen molar-refractivity contribution in [2.75, 3.05) is 18.7 Å². The summed E-state index contributed by atoms with van der Waals surface area (Å²) in [6.07, 6.45) is -0.514. The number of hydrogen-bond acceptors (Lipinski definition) is 4. The van der Waals surface area contributed by atoms with Gasteiger partial charge in [-0.05, 0) is 5.41 Å². The Balaban J connectivity index is 2.48. The lowest BCUT2D eigenvalue weighted by atomic mass is 9.93. The van der Waals surface area contributed by atoms with Gasteiger partial charge in [-0.1, -0.05) is 6.92 Å². The molecule has 1 heterocycles. The molecule has 0 radical (unpaired) electrons. The molecule has 0 bridgehead atoms. The van der Waals surface area contributed by atoms with E-state index in [4.69, 9.17) is 16.4 Å². The van der Waals surface area contributed by atoms with Crippen LogP contribution in [-0.2, 0) is 4.84 Å². The lowest BCUT2D eigenvalue weighted by Crippen LogP contribution is -2.34. The van der Waals surface area contributed by atoms with Gasteiger partial charge in [0.1, 0.15) is 0 Å². The van der Waals surface area contributed by atoms with Crippen molar-refractivity contribution in [3.05, 3.63) is 11.1 Å². The molecule has 1 rings (SSSR count). The molecule has 0 aliphatic carbocycles. The third-order valence-electron chi connectivity index (χ3n) is 2.01. The average molecular weight is 237 g/mol. The Morgan fingerprint density at radius 3 is 3.14 bits per heavy atom. The first-order chi connectivity index (χ1) is 6.62. The van der Waals surface area contributed by atoms with E-state index < -0.39 is 6.09 Å². The number of hydrogen-bond donors (Lipinski definition) is 2. The minimum atomic E-state index is -0.514. The molecule has 0 spiro atoms. The van der Waals surface area contributed by atoms with Gasteiger partial charge in [0.05, 0.1) is 5.70 Å². The molecule has 4 nitrogen and oxygen atoms in total. The van der Waals surface area contributed by atoms with Gasteiger partial charge in [-0.2, -0.15) is 0 Å². The molecular weight excluding hydrogens is 224 g/mol. The maximum atomic E-state index is 10.8. The number of hydroxylamine groups is 1. The number of carbonyl (C=O) groups is 1. The zero-order valence-electron chi connectivity index (χ0n) is 8.09. The van der Waals surface area contributed by atoms with Crippen LogP contribution in [0.15, 0.2) is 11.1 Å². The zero-order chi connectivity index (χ0) is 10.6. The second kappa shape index (κ2) is 4.79. The summed E-state index contributed by atoms with van der Waals surface area (Å²) >= 11 is 7.49. The number of nitrogens with one attached hydrogen (secondary N) is 2. The Morgan fingerprint density at radius 1 is 1.86 bits per heavy atom. The number of amides is 1. The molecule has 1 amide bonds. The van der Waals surface area contributed by atoms with E-state index >= 15 is 0 Å². The average Bonchev–Trinajstić information content (AvgIpc) is 2.57. The molecule has 0 saturated heterocycles. The summed E-state index contributed by atoms with van der Waals surface area (Å²) in [6.45, 7) is 2.02. The third-order valence-corrected chi connectivity index (χ3v) is 3.80. The maximum absolute atomic E-state index is 10.8. The van der Waals surface area contributed by atoms with Crippen molar-refractivity contribution >= 4 is 29.5 Å². The third kappa shape index (κ3) is 2.48. The van der Waals surface area contributed by atoms with Gasteiger partial charge in [0.25, 0.3) is 0 Å². The summed E-state index contributed by atoms with van der Waals surface area (Å²) in [5.41, 5.74) is 3.33. The summed E-state index contributed by atoms with van der Waals surface area (Å²) in [6, 6.07) is 0. The molecule has 0 aromatic heterocycles. The van der Waals surface area contributed by atoms with E-state index in [1.807, 2.05) is 12.3 Å². The van der Waals surface area contributed by atoms with Crippen LogP contribution in [0.3, 0.4) is 0 Å². The van der Waals surface area contributed by atoms with Crippen LogP contribution in [0.25, 0.3) is 0 Å². The highest BCUT2D eigenvalue weighted by atomic mass is 35.5. The number of allylic oxidation sites excluding steroid dienone is 1. The molecular formula is C8H13ClN2O2S. The molecule has 6 heteroatoms. The summed E-state index contributed by atoms with van der Waals surface area (Å²) in [5.74, 6) is 1.39. The highest BCUT2D eigenvalue weighted by Crippen LogP contribution is 2.38. The number of rotatable bonds is 3. The molecule has 1 aliphatic rings. The number of thioether (sulfide) groups is 1. The van der Waals surface area contributed by atoms with Crippen LogP contribution in [0.5, 0.6) is 0 Å². The molecule has 0 saturated carbocycles. The topological polar surface area (TPSA) is 50.4 Å². The van der Waals surface area contributed by atoms with Crippen molar-refractivity contribution in [1.29, 1.82) is 0 Å². The molecule has 14 heavy (non-hydrogen) atoms. The van der Waals surface area contributed by atoms with Gasteiger partial charge >= 0.3 is 6.09 Å². The second-order valence-electron chi connectivity index (χ2n) is 3.28. The highest BCUT2D eigenvalue weighted by Gasteiger charge is 2.33. The van der Waals surface area contributed by atoms with Crippen LogP contribution in [-0.4, -0.2) is 24.8 Å². The first-order valence-corrected chi connectivity index (χ1v) is 5.73. The van der Waals surface area contributed by atoms with Crippen LogP contribution >= 0.6 is 23.4 Å². The van der Waals surface area contributed by atoms with Gasteiger partial charge in [-0.25, -0.2) is 10.3 Å². The Labute approximate surface area is 92.4 Å². The van der Waals surface area contributed by atoms with E-state index in [0.29, 0.717) is 5.88 Å². The number of alkyl halides is 1. The minimum Gasteiger partial charge on any atom is -0.325 e. The Kier molecular flexibility index (Phi) is 3.95. The molecule has 1 aliphatic heterocycles. The number of carbonyl (C=O) groups excluding carboxylic acids is 1. The summed E-state index contributed by atoms with van der Waals surface area (Å²) in [7, 11) is 1.50. The molecule has 1 atom stereocenters. The quantitative estimate of drug-likeness (QED) is 0.578. The van der Waals surface area contributed by atoms with Crippen molar-refractivity contribution in [2.24, 2.45) is 5.41 Å². The highest BCUT2D eigenvalue weighted by molar-refractivity contribution is 8.02. The van der Waals surface area contributed by atoms with E-state index in [-0.39, 0.29) is 5.41 Å². The van der Waals surface area contributed by atoms with Gasteiger partial charge in [0.2, 0.25) is 0 Å². The van der Waals surface area contributed by atoms with E-state index in [9.17, 15) is 4.79 Å². The Morgan fingerprint density at radius 2 is 2.57 bits per heavy atom. The van der Waals surface area contributed by atoms with E-state index in [1.54, 1.807) is 11.8 Å². The smallest absolute Gasteiger partial charge is 0.325 e. The van der Waals surface area contributed by atoms with Crippen molar-refractivity contribution in [2.45, 2.75) is 6.92 Å². The molecule has 0 aromatic rings.